The zero-order valence-electron chi connectivity index (χ0n) is 13.9. The van der Waals surface area contributed by atoms with E-state index in [9.17, 15) is 9.18 Å². The maximum atomic E-state index is 13.7. The average Bonchev–Trinajstić information content (AvgIpc) is 2.60. The van der Waals surface area contributed by atoms with Crippen LogP contribution in [0.25, 0.3) is 6.08 Å². The Balaban J connectivity index is 2.22. The van der Waals surface area contributed by atoms with Crippen molar-refractivity contribution in [1.29, 1.82) is 0 Å². The van der Waals surface area contributed by atoms with Gasteiger partial charge >= 0.3 is 0 Å². The van der Waals surface area contributed by atoms with Gasteiger partial charge < -0.3 is 19.5 Å². The Morgan fingerprint density at radius 3 is 2.28 bits per heavy atom. The minimum atomic E-state index is -0.510. The van der Waals surface area contributed by atoms with Crippen molar-refractivity contribution in [2.24, 2.45) is 0 Å². The van der Waals surface area contributed by atoms with E-state index in [0.29, 0.717) is 22.9 Å². The lowest BCUT2D eigenvalue weighted by Crippen LogP contribution is -2.08. The molecule has 2 aromatic carbocycles. The topological polar surface area (TPSA) is 56.8 Å². The molecule has 0 spiro atoms. The fourth-order valence-electron chi connectivity index (χ4n) is 2.17. The minimum absolute atomic E-state index is 0.143. The summed E-state index contributed by atoms with van der Waals surface area (Å²) in [5.41, 5.74) is 0.577. The lowest BCUT2D eigenvalue weighted by Gasteiger charge is -2.14. The van der Waals surface area contributed by atoms with Crippen LogP contribution in [0.5, 0.6) is 17.2 Å². The predicted molar refractivity (Wildman–Crippen MR) is 95.2 cm³/mol. The molecule has 1 amide bonds. The zero-order chi connectivity index (χ0) is 18.4. The number of ether oxygens (including phenoxy) is 3. The molecule has 7 heteroatoms. The molecule has 0 aliphatic heterocycles. The van der Waals surface area contributed by atoms with E-state index in [1.54, 1.807) is 18.2 Å². The SMILES string of the molecule is COc1cc(NC(=O)/C=C/c2c(F)cccc2Cl)cc(OC)c1OC. The van der Waals surface area contributed by atoms with E-state index in [0.717, 1.165) is 0 Å². The van der Waals surface area contributed by atoms with Crippen LogP contribution in [0.1, 0.15) is 5.56 Å². The highest BCUT2D eigenvalue weighted by molar-refractivity contribution is 6.32. The smallest absolute Gasteiger partial charge is 0.248 e. The van der Waals surface area contributed by atoms with Crippen molar-refractivity contribution >= 4 is 29.3 Å². The molecule has 0 saturated heterocycles. The maximum Gasteiger partial charge on any atom is 0.248 e. The summed E-state index contributed by atoms with van der Waals surface area (Å²) in [5.74, 6) is 0.242. The third-order valence-electron chi connectivity index (χ3n) is 3.33. The summed E-state index contributed by atoms with van der Waals surface area (Å²) in [5, 5.41) is 2.86. The molecule has 5 nitrogen and oxygen atoms in total. The lowest BCUT2D eigenvalue weighted by atomic mass is 10.2. The number of carbonyl (C=O) groups is 1. The number of anilines is 1. The van der Waals surface area contributed by atoms with Gasteiger partial charge in [-0.3, -0.25) is 4.79 Å². The molecular weight excluding hydrogens is 349 g/mol. The van der Waals surface area contributed by atoms with Crippen molar-refractivity contribution < 1.29 is 23.4 Å². The Bertz CT molecular complexity index is 762. The molecule has 0 saturated carbocycles. The second kappa shape index (κ2) is 8.39. The van der Waals surface area contributed by atoms with Crippen LogP contribution < -0.4 is 19.5 Å². The summed E-state index contributed by atoms with van der Waals surface area (Å²) in [4.78, 5) is 12.1. The van der Waals surface area contributed by atoms with Crippen LogP contribution >= 0.6 is 11.6 Å². The van der Waals surface area contributed by atoms with Crippen LogP contribution in [0.4, 0.5) is 10.1 Å². The second-order valence-electron chi connectivity index (χ2n) is 4.87. The summed E-state index contributed by atoms with van der Waals surface area (Å²) in [7, 11) is 4.44. The third-order valence-corrected chi connectivity index (χ3v) is 3.66. The molecule has 0 aliphatic rings. The number of halogens is 2. The standard InChI is InChI=1S/C18H17ClFNO4/c1-23-15-9-11(10-16(24-2)18(15)25-3)21-17(22)8-7-12-13(19)5-4-6-14(12)20/h4-10H,1-3H3,(H,21,22)/b8-7+. The van der Waals surface area contributed by atoms with E-state index in [4.69, 9.17) is 25.8 Å². The minimum Gasteiger partial charge on any atom is -0.493 e. The van der Waals surface area contributed by atoms with Crippen LogP contribution in [0, 0.1) is 5.82 Å². The fourth-order valence-corrected chi connectivity index (χ4v) is 2.39. The van der Waals surface area contributed by atoms with Crippen LogP contribution in [0.15, 0.2) is 36.4 Å². The Hall–Kier alpha value is -2.73. The van der Waals surface area contributed by atoms with E-state index in [1.807, 2.05) is 0 Å². The highest BCUT2D eigenvalue weighted by atomic mass is 35.5. The van der Waals surface area contributed by atoms with Gasteiger partial charge in [-0.1, -0.05) is 17.7 Å². The summed E-state index contributed by atoms with van der Waals surface area (Å²) < 4.78 is 29.4. The van der Waals surface area contributed by atoms with Crippen LogP contribution in [-0.2, 0) is 4.79 Å². The van der Waals surface area contributed by atoms with Crippen molar-refractivity contribution in [3.63, 3.8) is 0 Å². The third kappa shape index (κ3) is 4.42. The molecule has 1 N–H and O–H groups in total. The molecule has 0 unspecified atom stereocenters. The molecule has 132 valence electrons. The molecule has 0 aromatic heterocycles. The Kier molecular flexibility index (Phi) is 6.25. The number of hydrogen-bond donors (Lipinski definition) is 1. The quantitative estimate of drug-likeness (QED) is 0.781. The van der Waals surface area contributed by atoms with Crippen molar-refractivity contribution in [3.05, 3.63) is 52.8 Å². The van der Waals surface area contributed by atoms with Gasteiger partial charge in [0.25, 0.3) is 0 Å². The highest BCUT2D eigenvalue weighted by Gasteiger charge is 2.14. The highest BCUT2D eigenvalue weighted by Crippen LogP contribution is 2.39. The summed E-state index contributed by atoms with van der Waals surface area (Å²) >= 11 is 5.92. The van der Waals surface area contributed by atoms with E-state index in [1.165, 1.54) is 45.6 Å². The van der Waals surface area contributed by atoms with Gasteiger partial charge in [-0.15, -0.1) is 0 Å². The van der Waals surface area contributed by atoms with E-state index in [-0.39, 0.29) is 10.6 Å². The van der Waals surface area contributed by atoms with Gasteiger partial charge in [-0.05, 0) is 18.2 Å². The number of hydrogen-bond acceptors (Lipinski definition) is 4. The first-order chi connectivity index (χ1) is 12.0. The second-order valence-corrected chi connectivity index (χ2v) is 5.28. The molecule has 0 fully saturated rings. The Morgan fingerprint density at radius 1 is 1.12 bits per heavy atom. The van der Waals surface area contributed by atoms with Gasteiger partial charge in [0.1, 0.15) is 5.82 Å². The number of methoxy groups -OCH3 is 3. The average molecular weight is 366 g/mol. The fraction of sp³-hybridized carbons (Fsp3) is 0.167. The molecule has 2 aromatic rings. The van der Waals surface area contributed by atoms with Gasteiger partial charge in [-0.2, -0.15) is 0 Å². The summed E-state index contributed by atoms with van der Waals surface area (Å²) in [6.45, 7) is 0. The summed E-state index contributed by atoms with van der Waals surface area (Å²) in [6.07, 6.45) is 2.50. The summed E-state index contributed by atoms with van der Waals surface area (Å²) in [6, 6.07) is 7.47. The zero-order valence-corrected chi connectivity index (χ0v) is 14.7. The van der Waals surface area contributed by atoms with E-state index >= 15 is 0 Å². The maximum absolute atomic E-state index is 13.7. The molecule has 0 heterocycles. The van der Waals surface area contributed by atoms with Crippen LogP contribution in [0.3, 0.4) is 0 Å². The number of amides is 1. The largest absolute Gasteiger partial charge is 0.493 e. The van der Waals surface area contributed by atoms with Crippen LogP contribution in [0.2, 0.25) is 5.02 Å². The van der Waals surface area contributed by atoms with E-state index < -0.39 is 11.7 Å². The van der Waals surface area contributed by atoms with Crippen LogP contribution in [-0.4, -0.2) is 27.2 Å². The number of nitrogens with one attached hydrogen (secondary N) is 1. The lowest BCUT2D eigenvalue weighted by molar-refractivity contribution is -0.111. The molecule has 0 aliphatic carbocycles. The van der Waals surface area contributed by atoms with Gasteiger partial charge in [0.15, 0.2) is 11.5 Å². The Morgan fingerprint density at radius 2 is 1.76 bits per heavy atom. The van der Waals surface area contributed by atoms with Gasteiger partial charge in [0.05, 0.1) is 26.4 Å². The van der Waals surface area contributed by atoms with E-state index in [2.05, 4.69) is 5.32 Å². The number of rotatable bonds is 6. The number of carbonyl (C=O) groups excluding carboxylic acids is 1. The molecule has 0 atom stereocenters. The first kappa shape index (κ1) is 18.6. The normalized spacial score (nSPS) is 10.6. The van der Waals surface area contributed by atoms with Gasteiger partial charge in [0, 0.05) is 29.5 Å². The molecule has 0 radical (unpaired) electrons. The van der Waals surface area contributed by atoms with Crippen molar-refractivity contribution in [2.45, 2.75) is 0 Å². The Labute approximate surface area is 150 Å². The van der Waals surface area contributed by atoms with Crippen molar-refractivity contribution in [3.8, 4) is 17.2 Å². The monoisotopic (exact) mass is 365 g/mol. The van der Waals surface area contributed by atoms with Gasteiger partial charge in [0.2, 0.25) is 11.7 Å². The molecule has 0 bridgehead atoms. The van der Waals surface area contributed by atoms with Gasteiger partial charge in [-0.25, -0.2) is 4.39 Å². The molecule has 25 heavy (non-hydrogen) atoms. The van der Waals surface area contributed by atoms with Crippen molar-refractivity contribution in [1.82, 2.24) is 0 Å². The first-order valence-electron chi connectivity index (χ1n) is 7.23. The molecular formula is C18H17ClFNO4. The van der Waals surface area contributed by atoms with Crippen molar-refractivity contribution in [2.75, 3.05) is 26.6 Å². The number of benzene rings is 2. The molecule has 2 rings (SSSR count). The predicted octanol–water partition coefficient (Wildman–Crippen LogP) is 4.16. The first-order valence-corrected chi connectivity index (χ1v) is 7.61.